The highest BCUT2D eigenvalue weighted by Crippen LogP contribution is 2.22. The van der Waals surface area contributed by atoms with Crippen molar-refractivity contribution in [3.63, 3.8) is 0 Å². The molecule has 0 spiro atoms. The highest BCUT2D eigenvalue weighted by atomic mass is 19.1. The average Bonchev–Trinajstić information content (AvgIpc) is 2.56. The zero-order valence-corrected chi connectivity index (χ0v) is 12.1. The smallest absolute Gasteiger partial charge is 0.225 e. The van der Waals surface area contributed by atoms with Gasteiger partial charge >= 0.3 is 0 Å². The summed E-state index contributed by atoms with van der Waals surface area (Å²) in [5.41, 5.74) is 5.90. The van der Waals surface area contributed by atoms with Crippen molar-refractivity contribution in [3.8, 4) is 0 Å². The number of nitrogens with zero attached hydrogens (tertiary/aromatic N) is 3. The van der Waals surface area contributed by atoms with Crippen LogP contribution in [0.25, 0.3) is 0 Å². The number of aromatic nitrogens is 2. The Morgan fingerprint density at radius 2 is 2.14 bits per heavy atom. The number of piperidine rings is 1. The molecule has 1 aromatic rings. The second-order valence-electron chi connectivity index (χ2n) is 5.03. The summed E-state index contributed by atoms with van der Waals surface area (Å²) in [6.45, 7) is 1.61. The minimum absolute atomic E-state index is 0.0516. The normalized spacial score (nSPS) is 18.9. The van der Waals surface area contributed by atoms with Crippen LogP contribution in [0.1, 0.15) is 24.5 Å². The SMILES string of the molecule is COC1CCN(c2ncc(C(O)/C(=C/F)CN)cn2)CC1. The van der Waals surface area contributed by atoms with Crippen LogP contribution < -0.4 is 10.6 Å². The van der Waals surface area contributed by atoms with E-state index in [9.17, 15) is 9.50 Å². The fourth-order valence-corrected chi connectivity index (χ4v) is 2.36. The van der Waals surface area contributed by atoms with E-state index in [2.05, 4.69) is 14.9 Å². The van der Waals surface area contributed by atoms with E-state index in [4.69, 9.17) is 10.5 Å². The molecule has 2 heterocycles. The molecular weight excluding hydrogens is 275 g/mol. The van der Waals surface area contributed by atoms with Crippen molar-refractivity contribution in [2.45, 2.75) is 25.0 Å². The van der Waals surface area contributed by atoms with E-state index in [-0.39, 0.29) is 12.1 Å². The van der Waals surface area contributed by atoms with Crippen molar-refractivity contribution in [1.82, 2.24) is 9.97 Å². The monoisotopic (exact) mass is 296 g/mol. The van der Waals surface area contributed by atoms with Crippen molar-refractivity contribution in [2.24, 2.45) is 5.73 Å². The van der Waals surface area contributed by atoms with Gasteiger partial charge in [0.2, 0.25) is 5.95 Å². The van der Waals surface area contributed by atoms with Crippen molar-refractivity contribution in [3.05, 3.63) is 29.9 Å². The zero-order valence-electron chi connectivity index (χ0n) is 12.1. The Morgan fingerprint density at radius 1 is 1.52 bits per heavy atom. The van der Waals surface area contributed by atoms with Gasteiger partial charge in [-0.3, -0.25) is 0 Å². The van der Waals surface area contributed by atoms with Crippen molar-refractivity contribution >= 4 is 5.95 Å². The summed E-state index contributed by atoms with van der Waals surface area (Å²) >= 11 is 0. The van der Waals surface area contributed by atoms with E-state index < -0.39 is 6.10 Å². The van der Waals surface area contributed by atoms with Crippen molar-refractivity contribution < 1.29 is 14.2 Å². The summed E-state index contributed by atoms with van der Waals surface area (Å²) in [5, 5.41) is 9.95. The summed E-state index contributed by atoms with van der Waals surface area (Å²) in [7, 11) is 1.72. The largest absolute Gasteiger partial charge is 0.384 e. The lowest BCUT2D eigenvalue weighted by Crippen LogP contribution is -2.37. The van der Waals surface area contributed by atoms with E-state index in [0.29, 0.717) is 23.9 Å². The highest BCUT2D eigenvalue weighted by molar-refractivity contribution is 5.32. The lowest BCUT2D eigenvalue weighted by Gasteiger charge is -2.31. The number of aliphatic hydroxyl groups is 1. The van der Waals surface area contributed by atoms with Crippen LogP contribution in [-0.2, 0) is 4.74 Å². The van der Waals surface area contributed by atoms with Gasteiger partial charge in [-0.15, -0.1) is 0 Å². The van der Waals surface area contributed by atoms with Gasteiger partial charge in [0.05, 0.1) is 12.4 Å². The number of halogens is 1. The number of aliphatic hydroxyl groups excluding tert-OH is 1. The molecule has 0 bridgehead atoms. The Bertz CT molecular complexity index is 472. The van der Waals surface area contributed by atoms with Crippen LogP contribution in [0.3, 0.4) is 0 Å². The van der Waals surface area contributed by atoms with Gasteiger partial charge in [0.15, 0.2) is 0 Å². The van der Waals surface area contributed by atoms with Gasteiger partial charge in [-0.1, -0.05) is 0 Å². The molecule has 1 aliphatic rings. The molecule has 0 saturated carbocycles. The first-order valence-corrected chi connectivity index (χ1v) is 6.96. The fraction of sp³-hybridized carbons (Fsp3) is 0.571. The van der Waals surface area contributed by atoms with E-state index in [0.717, 1.165) is 25.9 Å². The Balaban J connectivity index is 2.02. The first kappa shape index (κ1) is 15.8. The number of hydrogen-bond donors (Lipinski definition) is 2. The molecule has 21 heavy (non-hydrogen) atoms. The van der Waals surface area contributed by atoms with E-state index in [1.807, 2.05) is 0 Å². The second-order valence-corrected chi connectivity index (χ2v) is 5.03. The maximum Gasteiger partial charge on any atom is 0.225 e. The van der Waals surface area contributed by atoms with Crippen LogP contribution in [-0.4, -0.2) is 47.9 Å². The minimum atomic E-state index is -1.10. The van der Waals surface area contributed by atoms with E-state index in [1.165, 1.54) is 12.4 Å². The number of hydrogen-bond acceptors (Lipinski definition) is 6. The van der Waals surface area contributed by atoms with Gasteiger partial charge in [-0.2, -0.15) is 0 Å². The van der Waals surface area contributed by atoms with Gasteiger partial charge < -0.3 is 20.5 Å². The number of nitrogens with two attached hydrogens (primary N) is 1. The molecule has 0 aliphatic carbocycles. The van der Waals surface area contributed by atoms with E-state index in [1.54, 1.807) is 7.11 Å². The predicted molar refractivity (Wildman–Crippen MR) is 77.5 cm³/mol. The zero-order chi connectivity index (χ0) is 15.2. The molecular formula is C14H21FN4O2. The van der Waals surface area contributed by atoms with Gasteiger partial charge in [0.25, 0.3) is 0 Å². The van der Waals surface area contributed by atoms with Gasteiger partial charge in [-0.05, 0) is 12.8 Å². The van der Waals surface area contributed by atoms with Crippen LogP contribution in [0.2, 0.25) is 0 Å². The third-order valence-electron chi connectivity index (χ3n) is 3.76. The van der Waals surface area contributed by atoms with Crippen molar-refractivity contribution in [1.29, 1.82) is 0 Å². The summed E-state index contributed by atoms with van der Waals surface area (Å²) in [6.07, 6.45) is 4.41. The summed E-state index contributed by atoms with van der Waals surface area (Å²) < 4.78 is 17.9. The van der Waals surface area contributed by atoms with Crippen LogP contribution in [0.5, 0.6) is 0 Å². The Labute approximate surface area is 123 Å². The molecule has 3 N–H and O–H groups in total. The molecule has 1 atom stereocenters. The van der Waals surface area contributed by atoms with Crippen LogP contribution in [0.15, 0.2) is 24.3 Å². The Hall–Kier alpha value is -1.57. The van der Waals surface area contributed by atoms with Gasteiger partial charge in [0, 0.05) is 50.3 Å². The third kappa shape index (κ3) is 3.75. The molecule has 0 radical (unpaired) electrons. The molecule has 2 rings (SSSR count). The Morgan fingerprint density at radius 3 is 2.62 bits per heavy atom. The van der Waals surface area contributed by atoms with Gasteiger partial charge in [-0.25, -0.2) is 14.4 Å². The standard InChI is InChI=1S/C14H21FN4O2/c1-21-12-2-4-19(5-3-12)14-17-8-11(9-18-14)13(20)10(6-15)7-16/h6,8-9,12-13,20H,2-5,7,16H2,1H3/b10-6+. The topological polar surface area (TPSA) is 84.5 Å². The summed E-state index contributed by atoms with van der Waals surface area (Å²) in [5.74, 6) is 0.610. The number of rotatable bonds is 5. The lowest BCUT2D eigenvalue weighted by molar-refractivity contribution is 0.0816. The number of ether oxygens (including phenoxy) is 1. The first-order valence-electron chi connectivity index (χ1n) is 6.96. The van der Waals surface area contributed by atoms with Crippen molar-refractivity contribution in [2.75, 3.05) is 31.6 Å². The summed E-state index contributed by atoms with van der Waals surface area (Å²) in [4.78, 5) is 10.6. The van der Waals surface area contributed by atoms with Crippen LogP contribution >= 0.6 is 0 Å². The first-order chi connectivity index (χ1) is 10.2. The molecule has 1 aliphatic heterocycles. The third-order valence-corrected chi connectivity index (χ3v) is 3.76. The van der Waals surface area contributed by atoms with Crippen LogP contribution in [0, 0.1) is 0 Å². The maximum atomic E-state index is 12.6. The lowest BCUT2D eigenvalue weighted by atomic mass is 10.1. The van der Waals surface area contributed by atoms with E-state index >= 15 is 0 Å². The highest BCUT2D eigenvalue weighted by Gasteiger charge is 2.21. The van der Waals surface area contributed by atoms with Gasteiger partial charge in [0.1, 0.15) is 6.10 Å². The average molecular weight is 296 g/mol. The molecule has 0 amide bonds. The maximum absolute atomic E-state index is 12.6. The molecule has 1 unspecified atom stereocenters. The molecule has 7 heteroatoms. The summed E-state index contributed by atoms with van der Waals surface area (Å²) in [6, 6.07) is 0. The molecule has 1 saturated heterocycles. The minimum Gasteiger partial charge on any atom is -0.384 e. The molecule has 116 valence electrons. The number of methoxy groups -OCH3 is 1. The quantitative estimate of drug-likeness (QED) is 0.841. The predicted octanol–water partition coefficient (Wildman–Crippen LogP) is 0.937. The van der Waals surface area contributed by atoms with Crippen LogP contribution in [0.4, 0.5) is 10.3 Å². The number of anilines is 1. The fourth-order valence-electron chi connectivity index (χ4n) is 2.36. The molecule has 1 aromatic heterocycles. The molecule has 1 fully saturated rings. The Kier molecular flexibility index (Phi) is 5.60. The molecule has 6 nitrogen and oxygen atoms in total. The molecule has 0 aromatic carbocycles. The second kappa shape index (κ2) is 7.44.